The summed E-state index contributed by atoms with van der Waals surface area (Å²) in [4.78, 5) is 28.7. The zero-order valence-corrected chi connectivity index (χ0v) is 14.8. The summed E-state index contributed by atoms with van der Waals surface area (Å²) in [5.74, 6) is -0.826. The van der Waals surface area contributed by atoms with Gasteiger partial charge in [-0.2, -0.15) is 0 Å². The fourth-order valence-electron chi connectivity index (χ4n) is 2.84. The molecule has 1 aliphatic rings. The minimum absolute atomic E-state index is 0.258. The summed E-state index contributed by atoms with van der Waals surface area (Å²) in [6, 6.07) is 8.26. The van der Waals surface area contributed by atoms with Crippen LogP contribution in [0.5, 0.6) is 0 Å². The smallest absolute Gasteiger partial charge is 0.247 e. The summed E-state index contributed by atoms with van der Waals surface area (Å²) in [6.07, 6.45) is 0.866. The molecule has 1 aromatic rings. The monoisotopic (exact) mass is 348 g/mol. The van der Waals surface area contributed by atoms with Gasteiger partial charge in [0.05, 0.1) is 0 Å². The molecule has 138 valence electrons. The van der Waals surface area contributed by atoms with Crippen LogP contribution in [0.3, 0.4) is 0 Å². The van der Waals surface area contributed by atoms with Gasteiger partial charge >= 0.3 is 0 Å². The third-order valence-electron chi connectivity index (χ3n) is 4.39. The first-order chi connectivity index (χ1) is 12.1. The number of rotatable bonds is 8. The van der Waals surface area contributed by atoms with Crippen molar-refractivity contribution >= 4 is 11.8 Å². The van der Waals surface area contributed by atoms with E-state index < -0.39 is 18.6 Å². The van der Waals surface area contributed by atoms with Crippen LogP contribution in [0.4, 0.5) is 0 Å². The van der Waals surface area contributed by atoms with Gasteiger partial charge in [0.2, 0.25) is 11.8 Å². The Hall–Kier alpha value is -1.96. The Balaban J connectivity index is 1.80. The Morgan fingerprint density at radius 2 is 1.84 bits per heavy atom. The highest BCUT2D eigenvalue weighted by Crippen LogP contribution is 2.12. The highest BCUT2D eigenvalue weighted by Gasteiger charge is 2.22. The largest absolute Gasteiger partial charge is 0.387 e. The molecule has 1 aliphatic heterocycles. The van der Waals surface area contributed by atoms with Crippen LogP contribution in [0.2, 0.25) is 0 Å². The molecule has 25 heavy (non-hydrogen) atoms. The van der Waals surface area contributed by atoms with Crippen molar-refractivity contribution in [2.75, 3.05) is 52.9 Å². The number of hydrogen-bond donors (Lipinski definition) is 3. The summed E-state index contributed by atoms with van der Waals surface area (Å²) < 4.78 is 0. The number of amides is 2. The molecule has 0 radical (unpaired) electrons. The molecule has 7 heteroatoms. The van der Waals surface area contributed by atoms with Crippen molar-refractivity contribution in [1.29, 1.82) is 0 Å². The molecule has 3 N–H and O–H groups in total. The average molecular weight is 348 g/mol. The minimum Gasteiger partial charge on any atom is -0.387 e. The Morgan fingerprint density at radius 3 is 2.48 bits per heavy atom. The molecule has 2 rings (SSSR count). The topological polar surface area (TPSA) is 84.9 Å². The second kappa shape index (κ2) is 10.1. The Kier molecular flexibility index (Phi) is 7.84. The maximum atomic E-state index is 12.5. The summed E-state index contributed by atoms with van der Waals surface area (Å²) in [6.45, 7) is 5.15. The lowest BCUT2D eigenvalue weighted by molar-refractivity contribution is -0.130. The molecular formula is C18H28N4O3. The number of piperazine rings is 1. The van der Waals surface area contributed by atoms with Crippen molar-refractivity contribution < 1.29 is 14.7 Å². The SMILES string of the molecule is CN1CCN(CCCNC(=O)[C@H](NC(=O)CO)c2ccccc2)CC1. The van der Waals surface area contributed by atoms with Crippen LogP contribution in [-0.4, -0.2) is 79.6 Å². The van der Waals surface area contributed by atoms with Gasteiger partial charge in [0.25, 0.3) is 0 Å². The van der Waals surface area contributed by atoms with E-state index in [1.54, 1.807) is 12.1 Å². The van der Waals surface area contributed by atoms with Crippen molar-refractivity contribution in [2.24, 2.45) is 0 Å². The number of nitrogens with zero attached hydrogens (tertiary/aromatic N) is 2. The number of aliphatic hydroxyl groups excluding tert-OH is 1. The first kappa shape index (κ1) is 19.4. The third kappa shape index (κ3) is 6.45. The maximum absolute atomic E-state index is 12.5. The van der Waals surface area contributed by atoms with Gasteiger partial charge in [-0.25, -0.2) is 0 Å². The summed E-state index contributed by atoms with van der Waals surface area (Å²) in [5, 5.41) is 14.4. The number of carbonyl (C=O) groups excluding carboxylic acids is 2. The third-order valence-corrected chi connectivity index (χ3v) is 4.39. The second-order valence-corrected chi connectivity index (χ2v) is 6.36. The number of benzene rings is 1. The molecule has 1 saturated heterocycles. The van der Waals surface area contributed by atoms with E-state index in [4.69, 9.17) is 5.11 Å². The Morgan fingerprint density at radius 1 is 1.16 bits per heavy atom. The molecule has 1 fully saturated rings. The normalized spacial score (nSPS) is 17.0. The van der Waals surface area contributed by atoms with Gasteiger partial charge in [0.1, 0.15) is 12.6 Å². The molecule has 1 aromatic carbocycles. The van der Waals surface area contributed by atoms with Crippen LogP contribution in [0.1, 0.15) is 18.0 Å². The zero-order chi connectivity index (χ0) is 18.1. The Labute approximate surface area is 149 Å². The summed E-state index contributed by atoms with van der Waals surface area (Å²) >= 11 is 0. The van der Waals surface area contributed by atoms with Gasteiger partial charge in [0, 0.05) is 32.7 Å². The van der Waals surface area contributed by atoms with E-state index in [1.165, 1.54) is 0 Å². The first-order valence-corrected chi connectivity index (χ1v) is 8.74. The molecule has 0 aromatic heterocycles. The van der Waals surface area contributed by atoms with E-state index in [2.05, 4.69) is 27.5 Å². The first-order valence-electron chi connectivity index (χ1n) is 8.74. The second-order valence-electron chi connectivity index (χ2n) is 6.36. The fourth-order valence-corrected chi connectivity index (χ4v) is 2.84. The van der Waals surface area contributed by atoms with Gasteiger partial charge in [0.15, 0.2) is 0 Å². The molecular weight excluding hydrogens is 320 g/mol. The summed E-state index contributed by atoms with van der Waals surface area (Å²) in [7, 11) is 2.13. The van der Waals surface area contributed by atoms with Crippen molar-refractivity contribution in [1.82, 2.24) is 20.4 Å². The molecule has 0 bridgehead atoms. The number of aliphatic hydroxyl groups is 1. The molecule has 0 spiro atoms. The Bertz CT molecular complexity index is 545. The summed E-state index contributed by atoms with van der Waals surface area (Å²) in [5.41, 5.74) is 0.695. The number of hydrogen-bond acceptors (Lipinski definition) is 5. The van der Waals surface area contributed by atoms with Crippen LogP contribution < -0.4 is 10.6 Å². The molecule has 7 nitrogen and oxygen atoms in total. The van der Waals surface area contributed by atoms with E-state index in [1.807, 2.05) is 18.2 Å². The lowest BCUT2D eigenvalue weighted by atomic mass is 10.1. The predicted molar refractivity (Wildman–Crippen MR) is 96.0 cm³/mol. The van der Waals surface area contributed by atoms with E-state index in [-0.39, 0.29) is 5.91 Å². The van der Waals surface area contributed by atoms with Crippen molar-refractivity contribution in [3.05, 3.63) is 35.9 Å². The number of likely N-dealkylation sites (N-methyl/N-ethyl adjacent to an activating group) is 1. The van der Waals surface area contributed by atoms with Crippen molar-refractivity contribution in [2.45, 2.75) is 12.5 Å². The maximum Gasteiger partial charge on any atom is 0.247 e. The van der Waals surface area contributed by atoms with Gasteiger partial charge in [-0.05, 0) is 25.6 Å². The van der Waals surface area contributed by atoms with Crippen LogP contribution in [-0.2, 0) is 9.59 Å². The quantitative estimate of drug-likeness (QED) is 0.556. The fraction of sp³-hybridized carbons (Fsp3) is 0.556. The standard InChI is InChI=1S/C18H28N4O3/c1-21-10-12-22(13-11-21)9-5-8-19-18(25)17(20-16(24)14-23)15-6-3-2-4-7-15/h2-4,6-7,17,23H,5,8-14H2,1H3,(H,19,25)(H,20,24)/t17-/m1/s1. The molecule has 0 unspecified atom stereocenters. The van der Waals surface area contributed by atoms with Gasteiger partial charge in [-0.1, -0.05) is 30.3 Å². The molecule has 1 atom stereocenters. The van der Waals surface area contributed by atoms with Crippen LogP contribution in [0.15, 0.2) is 30.3 Å². The minimum atomic E-state index is -0.788. The highest BCUT2D eigenvalue weighted by molar-refractivity contribution is 5.88. The lowest BCUT2D eigenvalue weighted by Crippen LogP contribution is -2.45. The molecule has 1 heterocycles. The molecule has 0 saturated carbocycles. The average Bonchev–Trinajstić information content (AvgIpc) is 2.65. The van der Waals surface area contributed by atoms with E-state index in [0.29, 0.717) is 12.1 Å². The van der Waals surface area contributed by atoms with Crippen LogP contribution in [0, 0.1) is 0 Å². The van der Waals surface area contributed by atoms with E-state index in [9.17, 15) is 9.59 Å². The van der Waals surface area contributed by atoms with Gasteiger partial charge in [-0.3, -0.25) is 9.59 Å². The number of nitrogens with one attached hydrogen (secondary N) is 2. The van der Waals surface area contributed by atoms with E-state index >= 15 is 0 Å². The van der Waals surface area contributed by atoms with E-state index in [0.717, 1.165) is 39.1 Å². The van der Waals surface area contributed by atoms with Crippen LogP contribution >= 0.6 is 0 Å². The van der Waals surface area contributed by atoms with Gasteiger partial charge < -0.3 is 25.5 Å². The lowest BCUT2D eigenvalue weighted by Gasteiger charge is -2.32. The predicted octanol–water partition coefficient (Wildman–Crippen LogP) is -0.410. The van der Waals surface area contributed by atoms with Crippen molar-refractivity contribution in [3.8, 4) is 0 Å². The van der Waals surface area contributed by atoms with Crippen molar-refractivity contribution in [3.63, 3.8) is 0 Å². The van der Waals surface area contributed by atoms with Gasteiger partial charge in [-0.15, -0.1) is 0 Å². The zero-order valence-electron chi connectivity index (χ0n) is 14.8. The highest BCUT2D eigenvalue weighted by atomic mass is 16.3. The number of carbonyl (C=O) groups is 2. The van der Waals surface area contributed by atoms with Crippen LogP contribution in [0.25, 0.3) is 0 Å². The molecule has 0 aliphatic carbocycles. The molecule has 2 amide bonds.